The zero-order chi connectivity index (χ0) is 43.5. The molecule has 2 heterocycles. The van der Waals surface area contributed by atoms with E-state index in [1.165, 1.54) is 35.2 Å². The number of carbonyl (C=O) groups is 4. The Bertz CT molecular complexity index is 2080. The Balaban J connectivity index is 0.000000253. The molecule has 3 amide bonds. The largest absolute Gasteiger partial charge is 0.480 e. The van der Waals surface area contributed by atoms with Crippen molar-refractivity contribution in [3.63, 3.8) is 0 Å². The first-order valence-electron chi connectivity index (χ1n) is 16.8. The van der Waals surface area contributed by atoms with Gasteiger partial charge < -0.3 is 29.3 Å². The number of aromatic nitrogens is 2. The molecule has 1 aliphatic heterocycles. The van der Waals surface area contributed by atoms with Gasteiger partial charge in [0.1, 0.15) is 17.4 Å². The molecule has 15 nitrogen and oxygen atoms in total. The Morgan fingerprint density at radius 3 is 2.14 bits per heavy atom. The molecule has 1 atom stereocenters. The van der Waals surface area contributed by atoms with Gasteiger partial charge in [0, 0.05) is 28.9 Å². The highest BCUT2D eigenvalue weighted by atomic mass is 35.5. The van der Waals surface area contributed by atoms with Crippen molar-refractivity contribution in [2.24, 2.45) is 0 Å². The number of alkyl halides is 3. The molecule has 0 spiro atoms. The van der Waals surface area contributed by atoms with E-state index in [9.17, 15) is 45.7 Å². The molecule has 2 aromatic carbocycles. The lowest BCUT2D eigenvalue weighted by Gasteiger charge is -2.26. The Morgan fingerprint density at radius 1 is 1.07 bits per heavy atom. The summed E-state index contributed by atoms with van der Waals surface area (Å²) < 4.78 is 85.2. The summed E-state index contributed by atoms with van der Waals surface area (Å²) in [6.45, 7) is 4.17. The van der Waals surface area contributed by atoms with E-state index in [0.29, 0.717) is 29.7 Å². The number of carbonyl (C=O) groups excluding carboxylic acids is 3. The average molecular weight is 880 g/mol. The van der Waals surface area contributed by atoms with E-state index in [0.717, 1.165) is 23.8 Å². The number of carboxylic acids is 1. The average Bonchev–Trinajstić information content (AvgIpc) is 3.72. The van der Waals surface area contributed by atoms with Gasteiger partial charge in [-0.1, -0.05) is 34.0 Å². The first-order chi connectivity index (χ1) is 27.0. The zero-order valence-electron chi connectivity index (χ0n) is 30.8. The van der Waals surface area contributed by atoms with E-state index in [1.807, 2.05) is 0 Å². The summed E-state index contributed by atoms with van der Waals surface area (Å²) >= 11 is 6.18. The fourth-order valence-electron chi connectivity index (χ4n) is 5.18. The molecule has 4 N–H and O–H groups in total. The molecule has 0 saturated heterocycles. The molecule has 58 heavy (non-hydrogen) atoms. The maximum Gasteiger partial charge on any atom is 0.445 e. The van der Waals surface area contributed by atoms with Gasteiger partial charge >= 0.3 is 19.7 Å². The first-order valence-corrected chi connectivity index (χ1v) is 19.8. The summed E-state index contributed by atoms with van der Waals surface area (Å²) in [6.07, 6.45) is 2.26. The molecule has 5 rings (SSSR count). The van der Waals surface area contributed by atoms with Crippen LogP contribution in [0.4, 0.5) is 33.3 Å². The van der Waals surface area contributed by atoms with Crippen LogP contribution >= 0.6 is 30.5 Å². The Morgan fingerprint density at radius 2 is 1.66 bits per heavy atom. The van der Waals surface area contributed by atoms with Crippen LogP contribution < -0.4 is 24.6 Å². The number of imide groups is 1. The molecule has 3 aromatic rings. The number of hydrogen-bond donors (Lipinski definition) is 4. The number of anilines is 2. The number of hydrogen-bond acceptors (Lipinski definition) is 11. The molecule has 0 radical (unpaired) electrons. The molecular formula is C35H36ClF5N5O10PS. The Labute approximate surface area is 336 Å². The molecule has 1 aliphatic carbocycles. The number of ether oxygens (including phenoxy) is 2. The molecular weight excluding hydrogens is 844 g/mol. The fourth-order valence-corrected chi connectivity index (χ4v) is 6.34. The molecule has 0 saturated carbocycles. The van der Waals surface area contributed by atoms with E-state index in [1.54, 1.807) is 20.8 Å². The highest BCUT2D eigenvalue weighted by molar-refractivity contribution is 7.51. The quantitative estimate of drug-likeness (QED) is 0.0721. The third-order valence-corrected chi connectivity index (χ3v) is 9.43. The molecule has 1 aromatic heterocycles. The van der Waals surface area contributed by atoms with Crippen LogP contribution in [0.3, 0.4) is 0 Å². The number of rotatable bonds is 12. The number of carboxylic acid groups (broad SMARTS) is 1. The maximum atomic E-state index is 14.4. The highest BCUT2D eigenvalue weighted by Crippen LogP contribution is 2.40. The van der Waals surface area contributed by atoms with Crippen molar-refractivity contribution in [3.8, 4) is 23.3 Å². The summed E-state index contributed by atoms with van der Waals surface area (Å²) in [5, 5.41) is 14.8. The molecule has 2 aliphatic rings. The van der Waals surface area contributed by atoms with Gasteiger partial charge in [0.05, 0.1) is 23.5 Å². The number of benzene rings is 2. The predicted octanol–water partition coefficient (Wildman–Crippen LogP) is 5.94. The lowest BCUT2D eigenvalue weighted by atomic mass is 9.93. The van der Waals surface area contributed by atoms with Gasteiger partial charge in [-0.3, -0.25) is 29.1 Å². The minimum atomic E-state index is -4.61. The van der Waals surface area contributed by atoms with Gasteiger partial charge in [-0.25, -0.2) is 13.7 Å². The van der Waals surface area contributed by atoms with E-state index < -0.39 is 79.6 Å². The topological polar surface area (TPSA) is 209 Å². The number of nitrogens with zero attached hydrogens (tertiary/aromatic N) is 4. The number of nitrogens with one attached hydrogen (secondary N) is 1. The Hall–Kier alpha value is -4.97. The van der Waals surface area contributed by atoms with Crippen LogP contribution in [0.2, 0.25) is 5.02 Å². The molecule has 1 unspecified atom stereocenters. The van der Waals surface area contributed by atoms with Gasteiger partial charge in [-0.15, -0.1) is 11.5 Å². The summed E-state index contributed by atoms with van der Waals surface area (Å²) in [4.78, 5) is 65.8. The fraction of sp³-hybridized carbons (Fsp3) is 0.371. The van der Waals surface area contributed by atoms with Crippen LogP contribution in [0, 0.1) is 24.0 Å². The molecule has 314 valence electrons. The van der Waals surface area contributed by atoms with E-state index >= 15 is 0 Å². The van der Waals surface area contributed by atoms with Crippen molar-refractivity contribution in [2.75, 3.05) is 29.2 Å². The predicted molar refractivity (Wildman–Crippen MR) is 200 cm³/mol. The lowest BCUT2D eigenvalue weighted by Crippen LogP contribution is -2.40. The standard InChI is InChI=1S/C18H15ClFNO3.C14H13F4N3O2S.C3H8NO5P/c1-3-10(2)24-16-9-15(14(20)8-13(16)19)21-17(22)11-6-4-5-7-12(11)18(21)23;1-8(2)21(10-5-3-9(15)4-6-10)11(22)7-23-13-20-19-12(24-13)14(16,17)18;5-3(6)1-4-2-10(7,8)9/h1,8-10H,4-7H2,2H3;3-6,8H,7H2,1-2H3;4H,1-2H2,(H,5,6)(H2,7,8,9). The second-order valence-electron chi connectivity index (χ2n) is 12.4. The minimum Gasteiger partial charge on any atom is -0.480 e. The van der Waals surface area contributed by atoms with Crippen LogP contribution in [0.1, 0.15) is 51.5 Å². The van der Waals surface area contributed by atoms with Crippen LogP contribution in [-0.2, 0) is 29.9 Å². The molecule has 0 bridgehead atoms. The SMILES string of the molecule is C#CC(C)Oc1cc(N2C(=O)C3=C(CCCC3)C2=O)c(F)cc1Cl.CC(C)N(C(=O)COc1nnc(C(F)(F)F)s1)c1ccc(F)cc1.O=C(O)CNCP(=O)(O)O. The summed E-state index contributed by atoms with van der Waals surface area (Å²) in [6, 6.07) is 7.29. The van der Waals surface area contributed by atoms with Crippen LogP contribution in [0.25, 0.3) is 0 Å². The monoisotopic (exact) mass is 879 g/mol. The minimum absolute atomic E-state index is 0.0233. The second-order valence-corrected chi connectivity index (χ2v) is 15.4. The van der Waals surface area contributed by atoms with Gasteiger partial charge in [0.15, 0.2) is 12.7 Å². The van der Waals surface area contributed by atoms with Crippen molar-refractivity contribution >= 4 is 65.6 Å². The summed E-state index contributed by atoms with van der Waals surface area (Å²) in [7, 11) is -4.10. The highest BCUT2D eigenvalue weighted by Gasteiger charge is 2.41. The van der Waals surface area contributed by atoms with Gasteiger partial charge in [0.25, 0.3) is 22.9 Å². The number of aliphatic carboxylic acids is 1. The van der Waals surface area contributed by atoms with Crippen LogP contribution in [-0.4, -0.2) is 80.4 Å². The third-order valence-electron chi connectivity index (χ3n) is 7.62. The van der Waals surface area contributed by atoms with Crippen LogP contribution in [0.15, 0.2) is 47.5 Å². The smallest absolute Gasteiger partial charge is 0.445 e. The normalized spacial score (nSPS) is 14.4. The number of terminal acetylenes is 1. The third kappa shape index (κ3) is 13.6. The van der Waals surface area contributed by atoms with Crippen molar-refractivity contribution < 1.29 is 70.1 Å². The van der Waals surface area contributed by atoms with E-state index in [-0.39, 0.29) is 39.0 Å². The van der Waals surface area contributed by atoms with Crippen molar-refractivity contribution in [2.45, 2.75) is 64.8 Å². The van der Waals surface area contributed by atoms with Crippen molar-refractivity contribution in [1.29, 1.82) is 0 Å². The summed E-state index contributed by atoms with van der Waals surface area (Å²) in [5.41, 5.74) is 1.26. The van der Waals surface area contributed by atoms with Crippen molar-refractivity contribution in [3.05, 3.63) is 69.2 Å². The molecule has 0 fully saturated rings. The van der Waals surface area contributed by atoms with E-state index in [4.69, 9.17) is 42.4 Å². The van der Waals surface area contributed by atoms with Gasteiger partial charge in [0.2, 0.25) is 5.01 Å². The zero-order valence-corrected chi connectivity index (χ0v) is 33.2. The van der Waals surface area contributed by atoms with E-state index in [2.05, 4.69) is 21.4 Å². The molecule has 23 heteroatoms. The van der Waals surface area contributed by atoms with Crippen LogP contribution in [0.5, 0.6) is 10.9 Å². The maximum absolute atomic E-state index is 14.4. The van der Waals surface area contributed by atoms with Gasteiger partial charge in [-0.05, 0) is 76.8 Å². The first kappa shape index (κ1) is 47.4. The summed E-state index contributed by atoms with van der Waals surface area (Å²) in [5.74, 6) is -1.28. The second kappa shape index (κ2) is 20.6. The number of halogens is 6. The van der Waals surface area contributed by atoms with Gasteiger partial charge in [-0.2, -0.15) is 13.2 Å². The Kier molecular flexibility index (Phi) is 16.9. The number of amides is 3. The lowest BCUT2D eigenvalue weighted by molar-refractivity contribution is -0.138. The van der Waals surface area contributed by atoms with Crippen molar-refractivity contribution in [1.82, 2.24) is 15.5 Å².